The summed E-state index contributed by atoms with van der Waals surface area (Å²) >= 11 is 1.42. The van der Waals surface area contributed by atoms with Gasteiger partial charge in [0.15, 0.2) is 0 Å². The first-order chi connectivity index (χ1) is 11.6. The highest BCUT2D eigenvalue weighted by Gasteiger charge is 2.50. The van der Waals surface area contributed by atoms with Crippen LogP contribution in [0.4, 0.5) is 0 Å². The predicted octanol–water partition coefficient (Wildman–Crippen LogP) is 2.17. The maximum absolute atomic E-state index is 12.0. The largest absolute Gasteiger partial charge is 0.481 e. The van der Waals surface area contributed by atoms with Gasteiger partial charge in [0.25, 0.3) is 0 Å². The number of amides is 1. The summed E-state index contributed by atoms with van der Waals surface area (Å²) in [6.07, 6.45) is 5.44. The van der Waals surface area contributed by atoms with E-state index in [2.05, 4.69) is 5.32 Å². The van der Waals surface area contributed by atoms with E-state index in [-0.39, 0.29) is 29.4 Å². The molecular formula is C17H28N2O5S. The van der Waals surface area contributed by atoms with Crippen LogP contribution in [0.25, 0.3) is 0 Å². The zero-order valence-electron chi connectivity index (χ0n) is 14.8. The zero-order valence-corrected chi connectivity index (χ0v) is 15.6. The Morgan fingerprint density at radius 2 is 1.92 bits per heavy atom. The first-order valence-electron chi connectivity index (χ1n) is 8.47. The number of carbonyl (C=O) groups is 3. The van der Waals surface area contributed by atoms with Crippen molar-refractivity contribution in [3.8, 4) is 0 Å². The Morgan fingerprint density at radius 3 is 2.44 bits per heavy atom. The lowest BCUT2D eigenvalue weighted by Gasteiger charge is -2.08. The van der Waals surface area contributed by atoms with Crippen LogP contribution in [0.3, 0.4) is 0 Å². The maximum Gasteiger partial charge on any atom is 0.352 e. The molecule has 1 saturated carbocycles. The summed E-state index contributed by atoms with van der Waals surface area (Å²) in [5.41, 5.74) is 5.57. The molecule has 5 N–H and O–H groups in total. The van der Waals surface area contributed by atoms with Crippen LogP contribution in [0.1, 0.15) is 52.4 Å². The van der Waals surface area contributed by atoms with Gasteiger partial charge in [-0.1, -0.05) is 26.3 Å². The molecule has 1 fully saturated rings. The van der Waals surface area contributed by atoms with Crippen LogP contribution in [0.15, 0.2) is 11.8 Å². The lowest BCUT2D eigenvalue weighted by Crippen LogP contribution is -2.29. The number of rotatable bonds is 12. The van der Waals surface area contributed by atoms with E-state index < -0.39 is 17.3 Å². The number of hydrogen-bond donors (Lipinski definition) is 4. The van der Waals surface area contributed by atoms with Gasteiger partial charge >= 0.3 is 11.9 Å². The second-order valence-electron chi connectivity index (χ2n) is 7.01. The lowest BCUT2D eigenvalue weighted by atomic mass is 10.1. The highest BCUT2D eigenvalue weighted by molar-refractivity contribution is 7.99. The number of carbonyl (C=O) groups excluding carboxylic acids is 1. The summed E-state index contributed by atoms with van der Waals surface area (Å²) < 4.78 is 0. The van der Waals surface area contributed by atoms with Crippen molar-refractivity contribution in [1.29, 1.82) is 0 Å². The molecule has 0 radical (unpaired) electrons. The number of nitrogens with one attached hydrogen (secondary N) is 1. The van der Waals surface area contributed by atoms with Crippen molar-refractivity contribution in [2.24, 2.45) is 17.1 Å². The summed E-state index contributed by atoms with van der Waals surface area (Å²) in [5, 5.41) is 19.9. The van der Waals surface area contributed by atoms with Gasteiger partial charge in [-0.15, -0.1) is 11.8 Å². The third-order valence-electron chi connectivity index (χ3n) is 4.22. The van der Waals surface area contributed by atoms with Crippen molar-refractivity contribution >= 4 is 29.6 Å². The van der Waals surface area contributed by atoms with Crippen molar-refractivity contribution in [3.63, 3.8) is 0 Å². The van der Waals surface area contributed by atoms with Crippen LogP contribution < -0.4 is 11.1 Å². The first kappa shape index (κ1) is 21.5. The summed E-state index contributed by atoms with van der Waals surface area (Å²) in [5.74, 6) is -1.58. The molecule has 7 nitrogen and oxygen atoms in total. The van der Waals surface area contributed by atoms with Gasteiger partial charge in [-0.25, -0.2) is 4.79 Å². The van der Waals surface area contributed by atoms with Crippen molar-refractivity contribution in [1.82, 2.24) is 5.32 Å². The van der Waals surface area contributed by atoms with Crippen molar-refractivity contribution < 1.29 is 24.6 Å². The standard InChI is InChI=1S/C17H28N2O5S/c1-17(2)10-11(17)15(22)19-12(16(23)24)7-5-3-4-6-8-25-13(18)9-14(20)21/h7,11,13H,3-6,8-10,18H2,1-2H3,(H,19,22)(H,20,21)(H,23,24)/b12-7+. The fourth-order valence-electron chi connectivity index (χ4n) is 2.46. The van der Waals surface area contributed by atoms with E-state index in [1.54, 1.807) is 6.08 Å². The predicted molar refractivity (Wildman–Crippen MR) is 96.9 cm³/mol. The Bertz CT molecular complexity index is 533. The smallest absolute Gasteiger partial charge is 0.352 e. The van der Waals surface area contributed by atoms with Crippen molar-refractivity contribution in [3.05, 3.63) is 11.8 Å². The Hall–Kier alpha value is -1.54. The third-order valence-corrected chi connectivity index (χ3v) is 5.34. The fourth-order valence-corrected chi connectivity index (χ4v) is 3.40. The Kier molecular flexibility index (Phi) is 8.44. The van der Waals surface area contributed by atoms with Crippen molar-refractivity contribution in [2.45, 2.75) is 57.7 Å². The number of carboxylic acids is 2. The summed E-state index contributed by atoms with van der Waals surface area (Å²) in [6, 6.07) is 0. The molecule has 0 saturated heterocycles. The van der Waals surface area contributed by atoms with Gasteiger partial charge < -0.3 is 21.3 Å². The number of nitrogens with two attached hydrogens (primary N) is 1. The number of hydrogen-bond acceptors (Lipinski definition) is 5. The molecule has 0 bridgehead atoms. The molecule has 2 atom stereocenters. The van der Waals surface area contributed by atoms with Crippen LogP contribution in [-0.2, 0) is 14.4 Å². The van der Waals surface area contributed by atoms with Gasteiger partial charge in [0.1, 0.15) is 5.70 Å². The van der Waals surface area contributed by atoms with E-state index in [1.807, 2.05) is 13.8 Å². The van der Waals surface area contributed by atoms with E-state index in [0.29, 0.717) is 6.42 Å². The first-order valence-corrected chi connectivity index (χ1v) is 9.51. The number of allylic oxidation sites excluding steroid dienone is 1. The van der Waals surface area contributed by atoms with Gasteiger partial charge in [-0.05, 0) is 36.9 Å². The number of unbranched alkanes of at least 4 members (excludes halogenated alkanes) is 3. The Balaban J connectivity index is 2.22. The van der Waals surface area contributed by atoms with Crippen LogP contribution in [0.5, 0.6) is 0 Å². The van der Waals surface area contributed by atoms with Gasteiger partial charge in [-0.2, -0.15) is 0 Å². The molecule has 1 amide bonds. The Morgan fingerprint density at radius 1 is 1.28 bits per heavy atom. The Labute approximate surface area is 152 Å². The van der Waals surface area contributed by atoms with E-state index in [4.69, 9.17) is 10.8 Å². The molecule has 1 aliphatic rings. The molecule has 0 aliphatic heterocycles. The van der Waals surface area contributed by atoms with E-state index >= 15 is 0 Å². The molecule has 142 valence electrons. The summed E-state index contributed by atoms with van der Waals surface area (Å²) in [7, 11) is 0. The average molecular weight is 372 g/mol. The molecule has 2 unspecified atom stereocenters. The minimum absolute atomic E-state index is 0.0349. The number of thioether (sulfide) groups is 1. The number of aliphatic carboxylic acids is 2. The third kappa shape index (κ3) is 8.40. The fraction of sp³-hybridized carbons (Fsp3) is 0.706. The molecule has 25 heavy (non-hydrogen) atoms. The van der Waals surface area contributed by atoms with Crippen LogP contribution in [0.2, 0.25) is 0 Å². The van der Waals surface area contributed by atoms with Crippen molar-refractivity contribution in [2.75, 3.05) is 5.75 Å². The normalized spacial score (nSPS) is 20.0. The van der Waals surface area contributed by atoms with Gasteiger partial charge in [0, 0.05) is 5.92 Å². The highest BCUT2D eigenvalue weighted by atomic mass is 32.2. The molecule has 0 spiro atoms. The summed E-state index contributed by atoms with van der Waals surface area (Å²) in [6.45, 7) is 3.98. The topological polar surface area (TPSA) is 130 Å². The van der Waals surface area contributed by atoms with Crippen LogP contribution >= 0.6 is 11.8 Å². The molecule has 1 aliphatic carbocycles. The second kappa shape index (κ2) is 9.82. The van der Waals surface area contributed by atoms with Gasteiger partial charge in [-0.3, -0.25) is 9.59 Å². The highest BCUT2D eigenvalue weighted by Crippen LogP contribution is 2.51. The molecular weight excluding hydrogens is 344 g/mol. The monoisotopic (exact) mass is 372 g/mol. The van der Waals surface area contributed by atoms with Crippen LogP contribution in [-0.4, -0.2) is 39.2 Å². The van der Waals surface area contributed by atoms with E-state index in [0.717, 1.165) is 31.4 Å². The van der Waals surface area contributed by atoms with E-state index in [9.17, 15) is 19.5 Å². The quantitative estimate of drug-likeness (QED) is 0.235. The molecule has 0 aromatic heterocycles. The molecule has 0 heterocycles. The average Bonchev–Trinajstić information content (AvgIpc) is 3.12. The number of carboxylic acid groups (broad SMARTS) is 2. The SMILES string of the molecule is CC1(C)CC1C(=O)N/C(=C/CCCCCSC(N)CC(=O)O)C(=O)O. The van der Waals surface area contributed by atoms with E-state index in [1.165, 1.54) is 11.8 Å². The van der Waals surface area contributed by atoms with Gasteiger partial charge in [0.2, 0.25) is 5.91 Å². The maximum atomic E-state index is 12.0. The molecule has 0 aromatic carbocycles. The molecule has 0 aromatic rings. The van der Waals surface area contributed by atoms with Crippen LogP contribution in [0, 0.1) is 11.3 Å². The molecule has 8 heteroatoms. The zero-order chi connectivity index (χ0) is 19.0. The molecule has 1 rings (SSSR count). The minimum atomic E-state index is -1.12. The summed E-state index contributed by atoms with van der Waals surface area (Å²) in [4.78, 5) is 33.7. The lowest BCUT2D eigenvalue weighted by molar-refractivity contribution is -0.137. The van der Waals surface area contributed by atoms with Gasteiger partial charge in [0.05, 0.1) is 11.8 Å². The second-order valence-corrected chi connectivity index (χ2v) is 8.36. The minimum Gasteiger partial charge on any atom is -0.481 e.